The van der Waals surface area contributed by atoms with Crippen LogP contribution >= 0.6 is 11.3 Å². The van der Waals surface area contributed by atoms with Gasteiger partial charge in [0.1, 0.15) is 0 Å². The first-order valence-corrected chi connectivity index (χ1v) is 9.83. The average molecular weight is 368 g/mol. The highest BCUT2D eigenvalue weighted by atomic mass is 32.2. The van der Waals surface area contributed by atoms with Crippen LogP contribution in [0.1, 0.15) is 10.6 Å². The monoisotopic (exact) mass is 368 g/mol. The first kappa shape index (κ1) is 15.8. The number of ether oxygens (including phenoxy) is 1. The normalized spacial score (nSPS) is 24.3. The van der Waals surface area contributed by atoms with E-state index in [0.717, 1.165) is 10.6 Å². The number of fused-ring (bicyclic) bond motifs is 1. The number of nitrogens with zero attached hydrogens (tertiary/aromatic N) is 2. The Labute approximate surface area is 143 Å². The van der Waals surface area contributed by atoms with Gasteiger partial charge in [0.05, 0.1) is 28.0 Å². The van der Waals surface area contributed by atoms with Crippen LogP contribution in [0.15, 0.2) is 21.6 Å². The fourth-order valence-corrected chi connectivity index (χ4v) is 6.25. The molecule has 4 heterocycles. The molecule has 0 aromatic carbocycles. The molecule has 2 aromatic heterocycles. The summed E-state index contributed by atoms with van der Waals surface area (Å²) in [5.74, 6) is -0.112. The molecule has 0 bridgehead atoms. The Morgan fingerprint density at radius 1 is 1.29 bits per heavy atom. The van der Waals surface area contributed by atoms with E-state index in [2.05, 4.69) is 5.16 Å². The minimum Gasteiger partial charge on any atom is -0.465 e. The smallest absolute Gasteiger partial charge is 0.310 e. The standard InChI is InChI=1S/C15H16N2O5S2/c1-8-3-12(22-16-8)13-4-14(9(2)23-13)24(19,20)17-5-10-7-21-15(18)11(10)6-17/h3-4,10-11H,5-7H2,1-2H3/t10-,11-/m1/s1. The van der Waals surface area contributed by atoms with Crippen molar-refractivity contribution in [2.24, 2.45) is 11.8 Å². The van der Waals surface area contributed by atoms with E-state index in [1.807, 2.05) is 6.92 Å². The summed E-state index contributed by atoms with van der Waals surface area (Å²) in [6, 6.07) is 3.40. The average Bonchev–Trinajstić information content (AvgIpc) is 3.25. The highest BCUT2D eigenvalue weighted by molar-refractivity contribution is 7.89. The van der Waals surface area contributed by atoms with E-state index in [1.54, 1.807) is 19.1 Å². The molecule has 0 saturated carbocycles. The van der Waals surface area contributed by atoms with Gasteiger partial charge in [-0.3, -0.25) is 4.79 Å². The number of aromatic nitrogens is 1. The molecular weight excluding hydrogens is 352 g/mol. The summed E-state index contributed by atoms with van der Waals surface area (Å²) in [6.07, 6.45) is 0. The lowest BCUT2D eigenvalue weighted by Gasteiger charge is -2.16. The number of hydrogen-bond donors (Lipinski definition) is 0. The quantitative estimate of drug-likeness (QED) is 0.768. The molecule has 0 N–H and O–H groups in total. The molecule has 2 saturated heterocycles. The number of sulfonamides is 1. The van der Waals surface area contributed by atoms with Crippen molar-refractivity contribution in [3.63, 3.8) is 0 Å². The molecule has 128 valence electrons. The SMILES string of the molecule is Cc1cc(-c2cc(S(=O)(=O)N3C[C@@H]4COC(=O)[C@@H]4C3)c(C)s2)on1. The van der Waals surface area contributed by atoms with Crippen molar-refractivity contribution < 1.29 is 22.5 Å². The van der Waals surface area contributed by atoms with Crippen LogP contribution in [0, 0.1) is 25.7 Å². The third kappa shape index (κ3) is 2.38. The largest absolute Gasteiger partial charge is 0.465 e. The molecule has 0 radical (unpaired) electrons. The lowest BCUT2D eigenvalue weighted by atomic mass is 10.0. The van der Waals surface area contributed by atoms with Gasteiger partial charge >= 0.3 is 5.97 Å². The van der Waals surface area contributed by atoms with E-state index in [9.17, 15) is 13.2 Å². The minimum absolute atomic E-state index is 0.0392. The van der Waals surface area contributed by atoms with E-state index < -0.39 is 10.0 Å². The number of carbonyl (C=O) groups excluding carboxylic acids is 1. The lowest BCUT2D eigenvalue weighted by molar-refractivity contribution is -0.141. The van der Waals surface area contributed by atoms with Crippen LogP contribution in [0.4, 0.5) is 0 Å². The number of esters is 1. The van der Waals surface area contributed by atoms with Crippen molar-refractivity contribution >= 4 is 27.3 Å². The molecule has 7 nitrogen and oxygen atoms in total. The Morgan fingerprint density at radius 3 is 2.75 bits per heavy atom. The van der Waals surface area contributed by atoms with Crippen LogP contribution in [-0.4, -0.2) is 43.5 Å². The maximum atomic E-state index is 13.0. The van der Waals surface area contributed by atoms with E-state index in [0.29, 0.717) is 23.8 Å². The third-order valence-electron chi connectivity index (χ3n) is 4.51. The summed E-state index contributed by atoms with van der Waals surface area (Å²) in [5.41, 5.74) is 0.742. The number of cyclic esters (lactones) is 1. The van der Waals surface area contributed by atoms with Crippen LogP contribution in [0.3, 0.4) is 0 Å². The second-order valence-electron chi connectivity index (χ2n) is 6.18. The first-order valence-electron chi connectivity index (χ1n) is 7.57. The summed E-state index contributed by atoms with van der Waals surface area (Å²) in [6.45, 7) is 4.41. The number of rotatable bonds is 3. The first-order chi connectivity index (χ1) is 11.4. The highest BCUT2D eigenvalue weighted by Gasteiger charge is 2.48. The van der Waals surface area contributed by atoms with Gasteiger partial charge in [0, 0.05) is 30.0 Å². The van der Waals surface area contributed by atoms with Gasteiger partial charge in [-0.1, -0.05) is 5.16 Å². The fraction of sp³-hybridized carbons (Fsp3) is 0.467. The van der Waals surface area contributed by atoms with Crippen LogP contribution in [0.5, 0.6) is 0 Å². The fourth-order valence-electron chi connectivity index (χ4n) is 3.22. The van der Waals surface area contributed by atoms with Gasteiger partial charge in [0.15, 0.2) is 5.76 Å². The third-order valence-corrected chi connectivity index (χ3v) is 7.66. The maximum absolute atomic E-state index is 13.0. The highest BCUT2D eigenvalue weighted by Crippen LogP contribution is 2.38. The van der Waals surface area contributed by atoms with Crippen LogP contribution < -0.4 is 0 Å². The summed E-state index contributed by atoms with van der Waals surface area (Å²) in [5, 5.41) is 3.84. The van der Waals surface area contributed by atoms with Gasteiger partial charge in [0.2, 0.25) is 10.0 Å². The molecule has 0 amide bonds. The van der Waals surface area contributed by atoms with E-state index >= 15 is 0 Å². The second kappa shape index (κ2) is 5.40. The lowest BCUT2D eigenvalue weighted by Crippen LogP contribution is -2.31. The van der Waals surface area contributed by atoms with Crippen LogP contribution in [0.2, 0.25) is 0 Å². The van der Waals surface area contributed by atoms with E-state index in [-0.39, 0.29) is 29.2 Å². The zero-order valence-electron chi connectivity index (χ0n) is 13.2. The Hall–Kier alpha value is -1.71. The predicted octanol–water partition coefficient (Wildman–Crippen LogP) is 1.81. The van der Waals surface area contributed by atoms with E-state index in [1.165, 1.54) is 15.6 Å². The predicted molar refractivity (Wildman–Crippen MR) is 86.0 cm³/mol. The van der Waals surface area contributed by atoms with Gasteiger partial charge in [-0.2, -0.15) is 4.31 Å². The summed E-state index contributed by atoms with van der Waals surface area (Å²) in [7, 11) is -3.64. The zero-order chi connectivity index (χ0) is 17.1. The zero-order valence-corrected chi connectivity index (χ0v) is 14.8. The van der Waals surface area contributed by atoms with Crippen molar-refractivity contribution in [2.75, 3.05) is 19.7 Å². The van der Waals surface area contributed by atoms with Crippen molar-refractivity contribution in [3.05, 3.63) is 22.7 Å². The Morgan fingerprint density at radius 2 is 2.08 bits per heavy atom. The number of hydrogen-bond acceptors (Lipinski definition) is 7. The van der Waals surface area contributed by atoms with Gasteiger partial charge in [-0.05, 0) is 19.9 Å². The topological polar surface area (TPSA) is 89.7 Å². The van der Waals surface area contributed by atoms with Crippen molar-refractivity contribution in [3.8, 4) is 10.6 Å². The Bertz CT molecular complexity index is 914. The van der Waals surface area contributed by atoms with Crippen LogP contribution in [-0.2, 0) is 19.6 Å². The molecule has 24 heavy (non-hydrogen) atoms. The van der Waals surface area contributed by atoms with Gasteiger partial charge in [-0.15, -0.1) is 11.3 Å². The summed E-state index contributed by atoms with van der Waals surface area (Å²) < 4.78 is 37.6. The minimum atomic E-state index is -3.64. The molecule has 2 atom stereocenters. The van der Waals surface area contributed by atoms with Gasteiger partial charge < -0.3 is 9.26 Å². The molecule has 0 aliphatic carbocycles. The van der Waals surface area contributed by atoms with Crippen molar-refractivity contribution in [1.29, 1.82) is 0 Å². The molecule has 9 heteroatoms. The molecule has 0 spiro atoms. The molecule has 2 aliphatic heterocycles. The number of carbonyl (C=O) groups is 1. The van der Waals surface area contributed by atoms with E-state index in [4.69, 9.17) is 9.26 Å². The molecule has 2 aliphatic rings. The molecule has 2 fully saturated rings. The number of thiophene rings is 1. The summed E-state index contributed by atoms with van der Waals surface area (Å²) in [4.78, 5) is 13.4. The molecule has 0 unspecified atom stereocenters. The van der Waals surface area contributed by atoms with Gasteiger partial charge in [-0.25, -0.2) is 8.42 Å². The molecule has 2 aromatic rings. The Balaban J connectivity index is 1.66. The van der Waals surface area contributed by atoms with Crippen LogP contribution in [0.25, 0.3) is 10.6 Å². The molecular formula is C15H16N2O5S2. The number of aryl methyl sites for hydroxylation is 2. The summed E-state index contributed by atoms with van der Waals surface area (Å²) >= 11 is 1.36. The van der Waals surface area contributed by atoms with Crippen molar-refractivity contribution in [2.45, 2.75) is 18.7 Å². The second-order valence-corrected chi connectivity index (χ2v) is 9.34. The maximum Gasteiger partial charge on any atom is 0.310 e. The van der Waals surface area contributed by atoms with Gasteiger partial charge in [0.25, 0.3) is 0 Å². The Kier molecular flexibility index (Phi) is 3.55. The molecule has 4 rings (SSSR count). The van der Waals surface area contributed by atoms with Crippen molar-refractivity contribution in [1.82, 2.24) is 9.46 Å².